The summed E-state index contributed by atoms with van der Waals surface area (Å²) >= 11 is 2.94. The molecule has 0 amide bonds. The molecule has 0 aliphatic carbocycles. The average molecular weight is 396 g/mol. The van der Waals surface area contributed by atoms with Gasteiger partial charge in [-0.2, -0.15) is 8.42 Å². The van der Waals surface area contributed by atoms with Crippen LogP contribution in [0.15, 0.2) is 58.3 Å². The second-order valence-electron chi connectivity index (χ2n) is 5.62. The highest BCUT2D eigenvalue weighted by atomic mass is 32.2. The van der Waals surface area contributed by atoms with Crippen LogP contribution in [0, 0.1) is 6.92 Å². The number of anilines is 1. The largest absolute Gasteiger partial charge is 0.324 e. The quantitative estimate of drug-likeness (QED) is 0.522. The summed E-state index contributed by atoms with van der Waals surface area (Å²) in [5.41, 5.74) is 2.02. The highest BCUT2D eigenvalue weighted by molar-refractivity contribution is 8.18. The van der Waals surface area contributed by atoms with Crippen molar-refractivity contribution in [2.24, 2.45) is 0 Å². The summed E-state index contributed by atoms with van der Waals surface area (Å²) in [5.74, 6) is 0.737. The topological polar surface area (TPSA) is 46.6 Å². The Morgan fingerprint density at radius 3 is 2.44 bits per heavy atom. The number of aryl methyl sites for hydroxylation is 1. The molecule has 0 aromatic heterocycles. The first-order valence-corrected chi connectivity index (χ1v) is 11.3. The van der Waals surface area contributed by atoms with Crippen LogP contribution in [0.5, 0.6) is 0 Å². The predicted molar refractivity (Wildman–Crippen MR) is 106 cm³/mol. The van der Waals surface area contributed by atoms with Crippen LogP contribution in [0.2, 0.25) is 0 Å². The number of rotatable bonds is 6. The fraction of sp³-hybridized carbons (Fsp3) is 0.333. The van der Waals surface area contributed by atoms with Crippen LogP contribution in [-0.2, 0) is 14.3 Å². The molecular weight excluding hydrogens is 374 g/mol. The fourth-order valence-electron chi connectivity index (χ4n) is 2.74. The van der Waals surface area contributed by atoms with E-state index in [1.165, 1.54) is 23.5 Å². The van der Waals surface area contributed by atoms with Gasteiger partial charge in [0.2, 0.25) is 0 Å². The molecule has 0 bridgehead atoms. The van der Waals surface area contributed by atoms with Crippen LogP contribution < -0.4 is 4.90 Å². The second kappa shape index (κ2) is 7.23. The van der Waals surface area contributed by atoms with E-state index in [4.69, 9.17) is 4.18 Å². The minimum atomic E-state index is -3.89. The molecule has 0 fully saturated rings. The molecule has 0 saturated heterocycles. The van der Waals surface area contributed by atoms with Gasteiger partial charge in [0.1, 0.15) is 0 Å². The molecule has 0 saturated carbocycles. The molecule has 1 unspecified atom stereocenters. The van der Waals surface area contributed by atoms with Crippen molar-refractivity contribution in [3.05, 3.63) is 54.1 Å². The Balaban J connectivity index is 2.00. The van der Waals surface area contributed by atoms with Gasteiger partial charge < -0.3 is 4.90 Å². The van der Waals surface area contributed by atoms with Gasteiger partial charge in [-0.15, -0.1) is 0 Å². The summed E-state index contributed by atoms with van der Waals surface area (Å²) in [6.45, 7) is 6.59. The van der Waals surface area contributed by atoms with Crippen LogP contribution in [0.4, 0.5) is 5.69 Å². The molecule has 7 heteroatoms. The van der Waals surface area contributed by atoms with Crippen molar-refractivity contribution in [1.82, 2.24) is 0 Å². The van der Waals surface area contributed by atoms with E-state index in [9.17, 15) is 8.42 Å². The van der Waals surface area contributed by atoms with Crippen molar-refractivity contribution in [3.8, 4) is 0 Å². The zero-order valence-electron chi connectivity index (χ0n) is 14.4. The lowest BCUT2D eigenvalue weighted by atomic mass is 10.2. The average Bonchev–Trinajstić information content (AvgIpc) is 2.87. The molecular formula is C18H21NO3S3. The lowest BCUT2D eigenvalue weighted by Gasteiger charge is -2.36. The predicted octanol–water partition coefficient (Wildman–Crippen LogP) is 4.70. The van der Waals surface area contributed by atoms with Gasteiger partial charge in [0, 0.05) is 11.4 Å². The smallest absolute Gasteiger partial charge is 0.300 e. The first kappa shape index (κ1) is 18.6. The second-order valence-corrected chi connectivity index (χ2v) is 10.0. The summed E-state index contributed by atoms with van der Waals surface area (Å²) in [6.07, 6.45) is 0. The Hall–Kier alpha value is -1.15. The van der Waals surface area contributed by atoms with E-state index < -0.39 is 14.5 Å². The number of benzene rings is 2. The van der Waals surface area contributed by atoms with Gasteiger partial charge >= 0.3 is 10.1 Å². The third-order valence-corrected chi connectivity index (χ3v) is 8.10. The standard InChI is InChI=1S/C18H21NO3S3/c1-4-19-16-8-6-7-9-17(16)24-18(19,23-5-2)22-25(20,21)15-12-10-14(3)11-13-15/h6-13H,4-5H2,1-3H3. The Bertz CT molecular complexity index is 852. The van der Waals surface area contributed by atoms with Gasteiger partial charge in [-0.05, 0) is 43.9 Å². The van der Waals surface area contributed by atoms with E-state index in [-0.39, 0.29) is 4.90 Å². The molecule has 2 aromatic rings. The monoisotopic (exact) mass is 395 g/mol. The van der Waals surface area contributed by atoms with Gasteiger partial charge in [-0.1, -0.05) is 60.3 Å². The first-order chi connectivity index (χ1) is 11.9. The Morgan fingerprint density at radius 1 is 1.12 bits per heavy atom. The summed E-state index contributed by atoms with van der Waals surface area (Å²) in [6, 6.07) is 14.7. The number of fused-ring (bicyclic) bond motifs is 1. The Labute approximate surface area is 158 Å². The van der Waals surface area contributed by atoms with E-state index >= 15 is 0 Å². The molecule has 4 nitrogen and oxygen atoms in total. The van der Waals surface area contributed by atoms with E-state index in [1.807, 2.05) is 49.9 Å². The van der Waals surface area contributed by atoms with Crippen LogP contribution in [0.3, 0.4) is 0 Å². The summed E-state index contributed by atoms with van der Waals surface area (Å²) in [7, 11) is -3.89. The number of hydrogen-bond acceptors (Lipinski definition) is 6. The SMILES string of the molecule is CCSC1(OS(=O)(=O)c2ccc(C)cc2)Sc2ccccc2N1CC. The van der Waals surface area contributed by atoms with Crippen molar-refractivity contribution in [2.75, 3.05) is 17.2 Å². The molecule has 0 radical (unpaired) electrons. The molecule has 134 valence electrons. The van der Waals surface area contributed by atoms with Gasteiger partial charge in [0.05, 0.1) is 10.6 Å². The number of nitrogens with zero attached hydrogens (tertiary/aromatic N) is 1. The van der Waals surface area contributed by atoms with Crippen molar-refractivity contribution in [1.29, 1.82) is 0 Å². The van der Waals surface area contributed by atoms with E-state index in [0.717, 1.165) is 21.9 Å². The van der Waals surface area contributed by atoms with E-state index in [1.54, 1.807) is 24.3 Å². The van der Waals surface area contributed by atoms with Gasteiger partial charge in [0.15, 0.2) is 0 Å². The van der Waals surface area contributed by atoms with E-state index in [2.05, 4.69) is 0 Å². The Morgan fingerprint density at radius 2 is 1.80 bits per heavy atom. The van der Waals surface area contributed by atoms with Gasteiger partial charge in [0.25, 0.3) is 4.39 Å². The van der Waals surface area contributed by atoms with Crippen LogP contribution in [0.1, 0.15) is 19.4 Å². The molecule has 3 rings (SSSR count). The maximum Gasteiger partial charge on any atom is 0.300 e. The minimum Gasteiger partial charge on any atom is -0.324 e. The minimum absolute atomic E-state index is 0.182. The Kier molecular flexibility index (Phi) is 5.39. The van der Waals surface area contributed by atoms with Gasteiger partial charge in [-0.25, -0.2) is 4.18 Å². The van der Waals surface area contributed by atoms with Crippen LogP contribution in [-0.4, -0.2) is 25.1 Å². The van der Waals surface area contributed by atoms with Crippen molar-refractivity contribution in [3.63, 3.8) is 0 Å². The van der Waals surface area contributed by atoms with Crippen LogP contribution in [0.25, 0.3) is 0 Å². The molecule has 0 N–H and O–H groups in total. The van der Waals surface area contributed by atoms with E-state index in [0.29, 0.717) is 6.54 Å². The third kappa shape index (κ3) is 3.56. The molecule has 2 aromatic carbocycles. The number of para-hydroxylation sites is 1. The third-order valence-electron chi connectivity index (χ3n) is 3.89. The number of thioether (sulfide) groups is 2. The molecule has 25 heavy (non-hydrogen) atoms. The lowest BCUT2D eigenvalue weighted by Crippen LogP contribution is -2.44. The van der Waals surface area contributed by atoms with Crippen molar-refractivity contribution in [2.45, 2.75) is 35.0 Å². The van der Waals surface area contributed by atoms with Crippen molar-refractivity contribution >= 4 is 39.3 Å². The highest BCUT2D eigenvalue weighted by Gasteiger charge is 2.49. The summed E-state index contributed by atoms with van der Waals surface area (Å²) in [4.78, 5) is 3.23. The molecule has 1 atom stereocenters. The maximum absolute atomic E-state index is 12.9. The fourth-order valence-corrected chi connectivity index (χ4v) is 7.19. The lowest BCUT2D eigenvalue weighted by molar-refractivity contribution is 0.260. The normalized spacial score (nSPS) is 19.9. The zero-order chi connectivity index (χ0) is 18.1. The molecule has 1 aliphatic rings. The number of hydrogen-bond donors (Lipinski definition) is 0. The van der Waals surface area contributed by atoms with Crippen LogP contribution >= 0.6 is 23.5 Å². The molecule has 0 spiro atoms. The summed E-state index contributed by atoms with van der Waals surface area (Å²) < 4.78 is 30.7. The van der Waals surface area contributed by atoms with Crippen molar-refractivity contribution < 1.29 is 12.6 Å². The zero-order valence-corrected chi connectivity index (χ0v) is 16.9. The maximum atomic E-state index is 12.9. The molecule has 1 aliphatic heterocycles. The van der Waals surface area contributed by atoms with Gasteiger partial charge in [-0.3, -0.25) is 0 Å². The molecule has 1 heterocycles. The summed E-state index contributed by atoms with van der Waals surface area (Å²) in [5, 5.41) is 0. The first-order valence-electron chi connectivity index (χ1n) is 8.14. The highest BCUT2D eigenvalue weighted by Crippen LogP contribution is 2.57.